The van der Waals surface area contributed by atoms with Crippen molar-refractivity contribution in [1.82, 2.24) is 0 Å². The molecule has 0 unspecified atom stereocenters. The van der Waals surface area contributed by atoms with Crippen LogP contribution in [0.25, 0.3) is 0 Å². The highest BCUT2D eigenvalue weighted by molar-refractivity contribution is 7.93. The molecule has 2 aromatic carbocycles. The Labute approximate surface area is 159 Å². The summed E-state index contributed by atoms with van der Waals surface area (Å²) in [5.74, 6) is -0.0137. The van der Waals surface area contributed by atoms with E-state index in [-0.39, 0.29) is 11.7 Å². The number of nitrogens with zero attached hydrogens (tertiary/aromatic N) is 2. The topological polar surface area (TPSA) is 69.7 Å². The Hall–Kier alpha value is -2.54. The number of rotatable bonds is 4. The summed E-state index contributed by atoms with van der Waals surface area (Å²) in [4.78, 5) is 15.0. The van der Waals surface area contributed by atoms with Crippen LogP contribution in [0.15, 0.2) is 48.5 Å². The van der Waals surface area contributed by atoms with E-state index in [1.807, 2.05) is 24.3 Å². The Morgan fingerprint density at radius 1 is 0.889 bits per heavy atom. The van der Waals surface area contributed by atoms with Crippen LogP contribution in [-0.4, -0.2) is 39.7 Å². The molecule has 0 aliphatic carbocycles. The first-order chi connectivity index (χ1) is 13.0. The molecule has 142 valence electrons. The SMILES string of the molecule is O=C(Nc1ccccc1N1CCCC1)c1ccc(N2CCCS2(=O)=O)cc1. The van der Waals surface area contributed by atoms with Crippen LogP contribution in [0.5, 0.6) is 0 Å². The van der Waals surface area contributed by atoms with Gasteiger partial charge in [-0.3, -0.25) is 9.10 Å². The highest BCUT2D eigenvalue weighted by Crippen LogP contribution is 2.29. The van der Waals surface area contributed by atoms with Crippen molar-refractivity contribution >= 4 is 33.0 Å². The zero-order valence-corrected chi connectivity index (χ0v) is 15.9. The van der Waals surface area contributed by atoms with Crippen LogP contribution in [0, 0.1) is 0 Å². The Balaban J connectivity index is 1.51. The third kappa shape index (κ3) is 3.64. The molecule has 0 atom stereocenters. The van der Waals surface area contributed by atoms with Crippen molar-refractivity contribution in [2.75, 3.05) is 39.9 Å². The molecule has 1 amide bonds. The van der Waals surface area contributed by atoms with Crippen molar-refractivity contribution in [3.63, 3.8) is 0 Å². The Kier molecular flexibility index (Phi) is 4.78. The van der Waals surface area contributed by atoms with Gasteiger partial charge in [-0.15, -0.1) is 0 Å². The van der Waals surface area contributed by atoms with Gasteiger partial charge in [-0.1, -0.05) is 12.1 Å². The van der Waals surface area contributed by atoms with E-state index in [0.29, 0.717) is 24.2 Å². The maximum atomic E-state index is 12.7. The molecule has 6 nitrogen and oxygen atoms in total. The lowest BCUT2D eigenvalue weighted by Gasteiger charge is -2.21. The van der Waals surface area contributed by atoms with Crippen LogP contribution in [0.2, 0.25) is 0 Å². The minimum atomic E-state index is -3.21. The number of amides is 1. The molecule has 2 aliphatic heterocycles. The molecule has 0 spiro atoms. The molecule has 2 heterocycles. The van der Waals surface area contributed by atoms with Gasteiger partial charge in [0.05, 0.1) is 22.8 Å². The Morgan fingerprint density at radius 3 is 2.26 bits per heavy atom. The maximum absolute atomic E-state index is 12.7. The molecule has 0 aromatic heterocycles. The first-order valence-electron chi connectivity index (χ1n) is 9.30. The number of para-hydroxylation sites is 2. The van der Waals surface area contributed by atoms with Gasteiger partial charge in [0.15, 0.2) is 0 Å². The average molecular weight is 385 g/mol. The van der Waals surface area contributed by atoms with Gasteiger partial charge in [0.25, 0.3) is 5.91 Å². The van der Waals surface area contributed by atoms with Crippen LogP contribution in [-0.2, 0) is 10.0 Å². The highest BCUT2D eigenvalue weighted by atomic mass is 32.2. The molecule has 2 aliphatic rings. The minimum absolute atomic E-state index is 0.183. The number of carbonyl (C=O) groups is 1. The Morgan fingerprint density at radius 2 is 1.59 bits per heavy atom. The first kappa shape index (κ1) is 17.9. The van der Waals surface area contributed by atoms with Gasteiger partial charge in [-0.25, -0.2) is 8.42 Å². The average Bonchev–Trinajstić information content (AvgIpc) is 3.31. The van der Waals surface area contributed by atoms with Gasteiger partial charge in [0, 0.05) is 25.2 Å². The minimum Gasteiger partial charge on any atom is -0.370 e. The summed E-state index contributed by atoms with van der Waals surface area (Å²) in [6, 6.07) is 14.6. The molecule has 7 heteroatoms. The Bertz CT molecular complexity index is 935. The summed E-state index contributed by atoms with van der Waals surface area (Å²) in [5.41, 5.74) is 2.96. The highest BCUT2D eigenvalue weighted by Gasteiger charge is 2.28. The fourth-order valence-corrected chi connectivity index (χ4v) is 5.28. The molecule has 0 radical (unpaired) electrons. The molecular formula is C20H23N3O3S. The zero-order valence-electron chi connectivity index (χ0n) is 15.1. The van der Waals surface area contributed by atoms with E-state index in [0.717, 1.165) is 24.5 Å². The van der Waals surface area contributed by atoms with Crippen molar-refractivity contribution in [3.8, 4) is 0 Å². The van der Waals surface area contributed by atoms with Gasteiger partial charge in [-0.2, -0.15) is 0 Å². The summed E-state index contributed by atoms with van der Waals surface area (Å²) in [6.07, 6.45) is 2.98. The summed E-state index contributed by atoms with van der Waals surface area (Å²) in [5, 5.41) is 3.00. The van der Waals surface area contributed by atoms with Gasteiger partial charge in [0.2, 0.25) is 10.0 Å². The predicted octanol–water partition coefficient (Wildman–Crippen LogP) is 3.08. The molecule has 0 saturated carbocycles. The molecule has 27 heavy (non-hydrogen) atoms. The number of sulfonamides is 1. The second kappa shape index (κ2) is 7.23. The number of carbonyl (C=O) groups excluding carboxylic acids is 1. The standard InChI is InChI=1S/C20H23N3O3S/c24-20(21-18-6-1-2-7-19(18)22-12-3-4-13-22)16-8-10-17(11-9-16)23-14-5-15-27(23,25)26/h1-2,6-11H,3-5,12-15H2,(H,21,24). The van der Waals surface area contributed by atoms with Gasteiger partial charge >= 0.3 is 0 Å². The lowest BCUT2D eigenvalue weighted by atomic mass is 10.1. The van der Waals surface area contributed by atoms with E-state index >= 15 is 0 Å². The molecule has 0 bridgehead atoms. The van der Waals surface area contributed by atoms with E-state index in [1.165, 1.54) is 17.1 Å². The monoisotopic (exact) mass is 385 g/mol. The molecule has 4 rings (SSSR count). The number of hydrogen-bond donors (Lipinski definition) is 1. The van der Waals surface area contributed by atoms with Gasteiger partial charge < -0.3 is 10.2 Å². The van der Waals surface area contributed by atoms with Crippen molar-refractivity contribution in [2.45, 2.75) is 19.3 Å². The first-order valence-corrected chi connectivity index (χ1v) is 10.9. The van der Waals surface area contributed by atoms with Crippen molar-refractivity contribution in [3.05, 3.63) is 54.1 Å². The van der Waals surface area contributed by atoms with E-state index in [2.05, 4.69) is 10.2 Å². The molecule has 1 N–H and O–H groups in total. The molecule has 2 aromatic rings. The van der Waals surface area contributed by atoms with Crippen LogP contribution in [0.3, 0.4) is 0 Å². The fraction of sp³-hybridized carbons (Fsp3) is 0.350. The number of benzene rings is 2. The van der Waals surface area contributed by atoms with Crippen LogP contribution in [0.4, 0.5) is 17.1 Å². The number of hydrogen-bond acceptors (Lipinski definition) is 4. The van der Waals surface area contributed by atoms with Gasteiger partial charge in [0.1, 0.15) is 0 Å². The number of nitrogens with one attached hydrogen (secondary N) is 1. The summed E-state index contributed by atoms with van der Waals surface area (Å²) in [7, 11) is -3.21. The lowest BCUT2D eigenvalue weighted by Crippen LogP contribution is -2.25. The molecular weight excluding hydrogens is 362 g/mol. The molecule has 2 saturated heterocycles. The van der Waals surface area contributed by atoms with Crippen LogP contribution in [0.1, 0.15) is 29.6 Å². The second-order valence-electron chi connectivity index (χ2n) is 6.95. The van der Waals surface area contributed by atoms with E-state index in [9.17, 15) is 13.2 Å². The fourth-order valence-electron chi connectivity index (χ4n) is 3.72. The predicted molar refractivity (Wildman–Crippen MR) is 108 cm³/mol. The van der Waals surface area contributed by atoms with Crippen molar-refractivity contribution < 1.29 is 13.2 Å². The van der Waals surface area contributed by atoms with Crippen LogP contribution < -0.4 is 14.5 Å². The third-order valence-corrected chi connectivity index (χ3v) is 6.99. The number of anilines is 3. The van der Waals surface area contributed by atoms with E-state index in [4.69, 9.17) is 0 Å². The maximum Gasteiger partial charge on any atom is 0.255 e. The van der Waals surface area contributed by atoms with E-state index in [1.54, 1.807) is 24.3 Å². The molecule has 2 fully saturated rings. The van der Waals surface area contributed by atoms with Gasteiger partial charge in [-0.05, 0) is 55.7 Å². The summed E-state index contributed by atoms with van der Waals surface area (Å²) in [6.45, 7) is 2.51. The lowest BCUT2D eigenvalue weighted by molar-refractivity contribution is 0.102. The summed E-state index contributed by atoms with van der Waals surface area (Å²) < 4.78 is 25.5. The van der Waals surface area contributed by atoms with Crippen molar-refractivity contribution in [2.24, 2.45) is 0 Å². The summed E-state index contributed by atoms with van der Waals surface area (Å²) >= 11 is 0. The quantitative estimate of drug-likeness (QED) is 0.878. The third-order valence-electron chi connectivity index (χ3n) is 5.12. The smallest absolute Gasteiger partial charge is 0.255 e. The second-order valence-corrected chi connectivity index (χ2v) is 8.97. The van der Waals surface area contributed by atoms with E-state index < -0.39 is 10.0 Å². The normalized spacial score (nSPS) is 18.7. The zero-order chi connectivity index (χ0) is 18.9. The largest absolute Gasteiger partial charge is 0.370 e. The van der Waals surface area contributed by atoms with Crippen LogP contribution >= 0.6 is 0 Å². The van der Waals surface area contributed by atoms with Crippen molar-refractivity contribution in [1.29, 1.82) is 0 Å².